The Hall–Kier alpha value is -3.26. The Balaban J connectivity index is 1.25. The second-order valence-corrected chi connectivity index (χ2v) is 9.42. The van der Waals surface area contributed by atoms with Crippen molar-refractivity contribution >= 4 is 17.7 Å². The molecule has 1 aliphatic carbocycles. The molecular weight excluding hydrogens is 432 g/mol. The Kier molecular flexibility index (Phi) is 6.32. The van der Waals surface area contributed by atoms with Gasteiger partial charge >= 0.3 is 0 Å². The summed E-state index contributed by atoms with van der Waals surface area (Å²) in [7, 11) is 0. The summed E-state index contributed by atoms with van der Waals surface area (Å²) >= 11 is 0. The Labute approximate surface area is 199 Å². The minimum absolute atomic E-state index is 0.0416. The molecule has 1 aromatic carbocycles. The number of fused-ring (bicyclic) bond motifs is 1. The second kappa shape index (κ2) is 9.54. The summed E-state index contributed by atoms with van der Waals surface area (Å²) in [6.07, 6.45) is 4.95. The SMILES string of the molecule is Cc1cccc(CNC2CCCCC2Oc2ccc3c(c2)CN(C2CCC(=O)NC2=O)C3=O)n1. The van der Waals surface area contributed by atoms with E-state index in [-0.39, 0.29) is 30.4 Å². The predicted molar refractivity (Wildman–Crippen MR) is 125 cm³/mol. The number of benzene rings is 1. The van der Waals surface area contributed by atoms with Crippen molar-refractivity contribution in [3.63, 3.8) is 0 Å². The van der Waals surface area contributed by atoms with E-state index in [1.807, 2.05) is 37.3 Å². The first kappa shape index (κ1) is 22.5. The number of nitrogens with one attached hydrogen (secondary N) is 2. The smallest absolute Gasteiger partial charge is 0.255 e. The lowest BCUT2D eigenvalue weighted by molar-refractivity contribution is -0.136. The molecular formula is C26H30N4O4. The summed E-state index contributed by atoms with van der Waals surface area (Å²) in [5.74, 6) is -0.106. The third kappa shape index (κ3) is 4.68. The first-order chi connectivity index (χ1) is 16.5. The topological polar surface area (TPSA) is 101 Å². The molecule has 5 rings (SSSR count). The van der Waals surface area contributed by atoms with Gasteiger partial charge in [0.2, 0.25) is 11.8 Å². The predicted octanol–water partition coefficient (Wildman–Crippen LogP) is 2.63. The summed E-state index contributed by atoms with van der Waals surface area (Å²) in [5, 5.41) is 5.97. The fourth-order valence-corrected chi connectivity index (χ4v) is 5.20. The van der Waals surface area contributed by atoms with E-state index in [0.29, 0.717) is 25.1 Å². The lowest BCUT2D eigenvalue weighted by Gasteiger charge is -2.32. The number of carbonyl (C=O) groups excluding carboxylic acids is 3. The number of ether oxygens (including phenoxy) is 1. The van der Waals surface area contributed by atoms with Gasteiger partial charge in [0.05, 0.1) is 5.69 Å². The van der Waals surface area contributed by atoms with Gasteiger partial charge in [-0.1, -0.05) is 12.5 Å². The van der Waals surface area contributed by atoms with Crippen LogP contribution in [0.15, 0.2) is 36.4 Å². The summed E-state index contributed by atoms with van der Waals surface area (Å²) in [5.41, 5.74) is 3.49. The van der Waals surface area contributed by atoms with Crippen molar-refractivity contribution in [1.29, 1.82) is 0 Å². The van der Waals surface area contributed by atoms with Crippen molar-refractivity contribution in [2.75, 3.05) is 0 Å². The van der Waals surface area contributed by atoms with Crippen LogP contribution in [0.3, 0.4) is 0 Å². The van der Waals surface area contributed by atoms with Crippen LogP contribution in [0.2, 0.25) is 0 Å². The standard InChI is InChI=1S/C26H30N4O4/c1-16-5-4-6-18(28-16)14-27-21-7-2-3-8-23(21)34-19-9-10-20-17(13-19)15-30(26(20)33)22-11-12-24(31)29-25(22)32/h4-6,9-10,13,21-23,27H,2-3,7-8,11-12,14-15H2,1H3,(H,29,31,32). The van der Waals surface area contributed by atoms with Gasteiger partial charge in [-0.2, -0.15) is 0 Å². The van der Waals surface area contributed by atoms with E-state index in [1.165, 1.54) is 6.42 Å². The fraction of sp³-hybridized carbons (Fsp3) is 0.462. The summed E-state index contributed by atoms with van der Waals surface area (Å²) in [6, 6.07) is 11.2. The van der Waals surface area contributed by atoms with E-state index >= 15 is 0 Å². The number of aryl methyl sites for hydroxylation is 1. The normalized spacial score (nSPS) is 24.7. The molecule has 178 valence electrons. The van der Waals surface area contributed by atoms with Gasteiger partial charge < -0.3 is 15.0 Å². The van der Waals surface area contributed by atoms with Gasteiger partial charge in [-0.3, -0.25) is 24.7 Å². The Bertz CT molecular complexity index is 1120. The van der Waals surface area contributed by atoms with Crippen LogP contribution in [0.5, 0.6) is 5.75 Å². The minimum Gasteiger partial charge on any atom is -0.489 e. The van der Waals surface area contributed by atoms with Crippen LogP contribution in [0.4, 0.5) is 0 Å². The number of hydrogen-bond donors (Lipinski definition) is 2. The molecule has 8 nitrogen and oxygen atoms in total. The van der Waals surface area contributed by atoms with E-state index < -0.39 is 11.9 Å². The highest BCUT2D eigenvalue weighted by molar-refractivity contribution is 6.05. The Morgan fingerprint density at radius 2 is 1.97 bits per heavy atom. The summed E-state index contributed by atoms with van der Waals surface area (Å²) in [4.78, 5) is 42.8. The van der Waals surface area contributed by atoms with Crippen molar-refractivity contribution in [1.82, 2.24) is 20.5 Å². The molecule has 8 heteroatoms. The van der Waals surface area contributed by atoms with Gasteiger partial charge in [-0.05, 0) is 68.5 Å². The first-order valence-corrected chi connectivity index (χ1v) is 12.1. The fourth-order valence-electron chi connectivity index (χ4n) is 5.20. The molecule has 0 radical (unpaired) electrons. The molecule has 3 unspecified atom stereocenters. The summed E-state index contributed by atoms with van der Waals surface area (Å²) in [6.45, 7) is 3.05. The van der Waals surface area contributed by atoms with Crippen LogP contribution in [0, 0.1) is 6.92 Å². The largest absolute Gasteiger partial charge is 0.489 e. The van der Waals surface area contributed by atoms with Gasteiger partial charge in [-0.15, -0.1) is 0 Å². The van der Waals surface area contributed by atoms with Crippen LogP contribution in [-0.4, -0.2) is 45.8 Å². The zero-order chi connectivity index (χ0) is 23.7. The number of carbonyl (C=O) groups is 3. The maximum atomic E-state index is 12.9. The van der Waals surface area contributed by atoms with Gasteiger partial charge in [0.15, 0.2) is 0 Å². The van der Waals surface area contributed by atoms with E-state index in [0.717, 1.165) is 42.0 Å². The molecule has 2 aromatic rings. The van der Waals surface area contributed by atoms with E-state index in [9.17, 15) is 14.4 Å². The highest BCUT2D eigenvalue weighted by Gasteiger charge is 2.39. The molecule has 3 aliphatic rings. The van der Waals surface area contributed by atoms with E-state index in [4.69, 9.17) is 4.74 Å². The lowest BCUT2D eigenvalue weighted by atomic mass is 9.92. The van der Waals surface area contributed by atoms with Crippen LogP contribution in [0.1, 0.15) is 65.8 Å². The molecule has 3 heterocycles. The zero-order valence-corrected chi connectivity index (χ0v) is 19.4. The lowest BCUT2D eigenvalue weighted by Crippen LogP contribution is -2.52. The third-order valence-corrected chi connectivity index (χ3v) is 6.98. The number of aromatic nitrogens is 1. The highest BCUT2D eigenvalue weighted by Crippen LogP contribution is 2.32. The third-order valence-electron chi connectivity index (χ3n) is 6.98. The molecule has 34 heavy (non-hydrogen) atoms. The van der Waals surface area contributed by atoms with Gasteiger partial charge in [0.25, 0.3) is 5.91 Å². The maximum Gasteiger partial charge on any atom is 0.255 e. The number of pyridine rings is 1. The van der Waals surface area contributed by atoms with E-state index in [1.54, 1.807) is 11.0 Å². The maximum absolute atomic E-state index is 12.9. The summed E-state index contributed by atoms with van der Waals surface area (Å²) < 4.78 is 6.42. The molecule has 1 saturated heterocycles. The highest BCUT2D eigenvalue weighted by atomic mass is 16.5. The Morgan fingerprint density at radius 1 is 1.12 bits per heavy atom. The molecule has 1 aromatic heterocycles. The molecule has 1 saturated carbocycles. The monoisotopic (exact) mass is 462 g/mol. The van der Waals surface area contributed by atoms with Gasteiger partial charge in [0, 0.05) is 36.8 Å². The number of rotatable bonds is 6. The number of hydrogen-bond acceptors (Lipinski definition) is 6. The number of amides is 3. The molecule has 3 amide bonds. The Morgan fingerprint density at radius 3 is 2.79 bits per heavy atom. The molecule has 2 N–H and O–H groups in total. The van der Waals surface area contributed by atoms with Crippen LogP contribution >= 0.6 is 0 Å². The quantitative estimate of drug-likeness (QED) is 0.640. The average molecular weight is 463 g/mol. The van der Waals surface area contributed by atoms with Crippen molar-refractivity contribution in [2.45, 2.75) is 76.7 Å². The molecule has 0 spiro atoms. The van der Waals surface area contributed by atoms with Crippen LogP contribution in [0.25, 0.3) is 0 Å². The number of piperidine rings is 1. The average Bonchev–Trinajstić information content (AvgIpc) is 3.14. The van der Waals surface area contributed by atoms with Crippen molar-refractivity contribution in [3.8, 4) is 5.75 Å². The molecule has 0 bridgehead atoms. The van der Waals surface area contributed by atoms with Crippen molar-refractivity contribution in [3.05, 3.63) is 58.9 Å². The second-order valence-electron chi connectivity index (χ2n) is 9.42. The van der Waals surface area contributed by atoms with Gasteiger partial charge in [-0.25, -0.2) is 0 Å². The minimum atomic E-state index is -0.607. The van der Waals surface area contributed by atoms with Crippen LogP contribution < -0.4 is 15.4 Å². The molecule has 3 atom stereocenters. The first-order valence-electron chi connectivity index (χ1n) is 12.1. The van der Waals surface area contributed by atoms with Gasteiger partial charge in [0.1, 0.15) is 17.9 Å². The number of nitrogens with zero attached hydrogens (tertiary/aromatic N) is 2. The molecule has 2 aliphatic heterocycles. The zero-order valence-electron chi connectivity index (χ0n) is 19.4. The van der Waals surface area contributed by atoms with Crippen LogP contribution in [-0.2, 0) is 22.7 Å². The number of imide groups is 1. The van der Waals surface area contributed by atoms with Crippen molar-refractivity contribution < 1.29 is 19.1 Å². The van der Waals surface area contributed by atoms with Crippen molar-refractivity contribution in [2.24, 2.45) is 0 Å². The molecule has 2 fully saturated rings. The van der Waals surface area contributed by atoms with E-state index in [2.05, 4.69) is 15.6 Å².